The molecule has 10 aliphatic rings. The van der Waals surface area contributed by atoms with E-state index >= 15 is 0 Å². The number of hydrogen-bond acceptors (Lipinski definition) is 18. The summed E-state index contributed by atoms with van der Waals surface area (Å²) in [5, 5.41) is 43.2. The van der Waals surface area contributed by atoms with Crippen LogP contribution in [0.5, 0.6) is 0 Å². The Kier molecular flexibility index (Phi) is 18.4. The lowest BCUT2D eigenvalue weighted by Gasteiger charge is -2.60. The Balaban J connectivity index is 0.000000179. The lowest BCUT2D eigenvalue weighted by atomic mass is 9.45. The summed E-state index contributed by atoms with van der Waals surface area (Å²) < 4.78 is 63.3. The largest absolute Gasteiger partial charge is 0.478 e. The Bertz CT molecular complexity index is 4310. The maximum atomic E-state index is 14.1. The topological polar surface area (TPSA) is 306 Å². The molecule has 14 rings (SSSR count). The van der Waals surface area contributed by atoms with E-state index in [1.54, 1.807) is 40.1 Å². The number of carboxylic acids is 1. The fourth-order valence-electron chi connectivity index (χ4n) is 21.1. The van der Waals surface area contributed by atoms with Crippen LogP contribution in [0.15, 0.2) is 72.1 Å². The van der Waals surface area contributed by atoms with E-state index in [-0.39, 0.29) is 138 Å². The fraction of sp³-hybridized carbons (Fsp3) is 0.613. The van der Waals surface area contributed by atoms with Gasteiger partial charge in [0.25, 0.3) is 5.24 Å². The van der Waals surface area contributed by atoms with Crippen molar-refractivity contribution in [2.24, 2.45) is 69.0 Å². The summed E-state index contributed by atoms with van der Waals surface area (Å²) >= 11 is 0.591. The number of ether oxygens (including phenoxy) is 2. The van der Waals surface area contributed by atoms with Gasteiger partial charge >= 0.3 is 17.9 Å². The van der Waals surface area contributed by atoms with Crippen molar-refractivity contribution in [1.29, 1.82) is 0 Å². The van der Waals surface area contributed by atoms with E-state index in [0.29, 0.717) is 67.8 Å². The molecule has 2 unspecified atom stereocenters. The highest BCUT2D eigenvalue weighted by atomic mass is 32.2. The lowest BCUT2D eigenvalue weighted by molar-refractivity contribution is -0.210. The summed E-state index contributed by atoms with van der Waals surface area (Å²) in [6, 6.07) is 14.7. The minimum absolute atomic E-state index is 0.00349. The number of esters is 2. The van der Waals surface area contributed by atoms with Gasteiger partial charge in [0.15, 0.2) is 36.8 Å². The van der Waals surface area contributed by atoms with E-state index in [2.05, 4.69) is 26.0 Å². The van der Waals surface area contributed by atoms with Crippen LogP contribution in [0.2, 0.25) is 0 Å². The molecule has 2 saturated heterocycles. The number of ketones is 2. The molecule has 8 aliphatic carbocycles. The van der Waals surface area contributed by atoms with Gasteiger partial charge in [0, 0.05) is 73.5 Å². The average molecular weight is 1420 g/mol. The molecule has 1 amide bonds. The number of amides is 1. The van der Waals surface area contributed by atoms with E-state index in [9.17, 15) is 65.7 Å². The normalized spacial score (nSPS) is 35.5. The number of fused-ring (bicyclic) bond motifs is 12. The van der Waals surface area contributed by atoms with Gasteiger partial charge in [-0.05, 0) is 196 Å². The maximum absolute atomic E-state index is 14.1. The van der Waals surface area contributed by atoms with Crippen LogP contribution in [0, 0.1) is 69.0 Å². The van der Waals surface area contributed by atoms with Crippen LogP contribution in [0.4, 0.5) is 4.79 Å². The summed E-state index contributed by atoms with van der Waals surface area (Å²) in [7, 11) is -2.95. The Hall–Kier alpha value is -6.60. The van der Waals surface area contributed by atoms with Crippen LogP contribution >= 0.6 is 11.8 Å². The molecule has 0 bridgehead atoms. The zero-order chi connectivity index (χ0) is 70.9. The summed E-state index contributed by atoms with van der Waals surface area (Å²) in [6.07, 6.45) is 15.2. The number of carboxylic acid groups (broad SMARTS) is 1. The maximum Gasteiger partial charge on any atom is 0.348 e. The van der Waals surface area contributed by atoms with Crippen LogP contribution in [-0.2, 0) is 61.2 Å². The molecule has 4 aromatic rings. The molecule has 532 valence electrons. The number of thioether (sulfide) groups is 1. The van der Waals surface area contributed by atoms with Crippen molar-refractivity contribution in [2.45, 2.75) is 181 Å². The third-order valence-electron chi connectivity index (χ3n) is 25.9. The number of benzene rings is 2. The minimum atomic E-state index is -3.06. The number of nitrogens with zero attached hydrogens (tertiary/aromatic N) is 5. The Morgan fingerprint density at radius 3 is 1.44 bits per heavy atom. The molecule has 2 aromatic heterocycles. The van der Waals surface area contributed by atoms with Gasteiger partial charge in [0.2, 0.25) is 10.7 Å². The predicted octanol–water partition coefficient (Wildman–Crippen LogP) is 10.5. The lowest BCUT2D eigenvalue weighted by Crippen LogP contribution is -2.63. The second-order valence-corrected chi connectivity index (χ2v) is 37.0. The smallest absolute Gasteiger partial charge is 0.348 e. The zero-order valence-electron chi connectivity index (χ0n) is 57.9. The molecule has 8 fully saturated rings. The molecule has 0 radical (unpaired) electrons. The highest BCUT2D eigenvalue weighted by Crippen LogP contribution is 2.71. The number of aliphatic hydroxyl groups is 2. The van der Waals surface area contributed by atoms with E-state index < -0.39 is 82.2 Å². The van der Waals surface area contributed by atoms with Gasteiger partial charge in [-0.25, -0.2) is 31.0 Å². The standard InChI is InChI=1S/C39H49N3O8S2.C36H44N2O8S/c1-6-33(45)50-39(35(46)51-36(47)41(4)5)14-12-29-28-11-10-26-18-30-25(19-37(26,2)34(28)32(44)20-38(29,39)3)21-40-42(30)27-9-7-8-24(17-27)31(43)16-23-13-15-52(48,49)22-23;1-4-31(41)46-36(33(42)43)12-10-27-26-9-8-24-16-28-23(17-34(24,2)32(26)30(40)18-35(27,36)3)19-37-38(28)25-7-5-6-22(15-25)29(39)14-21-11-13-47(44,45)20-21/h7-9,17-18,21,23,28-29,32,34,44H,6,10-16,19-20,22H2,1-5H3;5-7,15-16,19,21,26-27,30,32,40H,4,8-14,17-18,20H2,1-3H3,(H,42,43)/t23?,28-,29-,32-,34+,37-,38-,39-;21?,26-,27-,30-,32+,34-,35-,36-/m00/s1. The first-order chi connectivity index (χ1) is 46.7. The summed E-state index contributed by atoms with van der Waals surface area (Å²) in [4.78, 5) is 92.6. The van der Waals surface area contributed by atoms with Crippen LogP contribution in [0.25, 0.3) is 23.5 Å². The second kappa shape index (κ2) is 25.7. The molecule has 99 heavy (non-hydrogen) atoms. The first kappa shape index (κ1) is 70.8. The van der Waals surface area contributed by atoms with Gasteiger partial charge < -0.3 is 29.7 Å². The molecule has 0 spiro atoms. The van der Waals surface area contributed by atoms with Gasteiger partial charge in [-0.1, -0.05) is 77.0 Å². The van der Waals surface area contributed by atoms with E-state index in [1.165, 1.54) is 16.0 Å². The Morgan fingerprint density at radius 2 is 1.04 bits per heavy atom. The van der Waals surface area contributed by atoms with E-state index in [0.717, 1.165) is 59.6 Å². The molecule has 3 N–H and O–H groups in total. The third-order valence-corrected chi connectivity index (χ3v) is 30.6. The molecule has 21 nitrogen and oxygen atoms in total. The molecule has 24 heteroatoms. The highest BCUT2D eigenvalue weighted by molar-refractivity contribution is 8.26. The number of hydrogen-bond donors (Lipinski definition) is 3. The molecule has 4 heterocycles. The van der Waals surface area contributed by atoms with Gasteiger partial charge in [-0.2, -0.15) is 10.2 Å². The molecule has 16 atom stereocenters. The first-order valence-corrected chi connectivity index (χ1v) is 39.9. The van der Waals surface area contributed by atoms with Crippen LogP contribution < -0.4 is 0 Å². The number of sulfone groups is 2. The van der Waals surface area contributed by atoms with Crippen LogP contribution in [0.1, 0.15) is 188 Å². The third kappa shape index (κ3) is 11.9. The number of Topliss-reactive ketones (excluding diaryl/α,β-unsaturated/α-hetero) is 2. The van der Waals surface area contributed by atoms with Gasteiger partial charge in [-0.3, -0.25) is 28.8 Å². The number of carbonyl (C=O) groups excluding carboxylic acids is 6. The first-order valence-electron chi connectivity index (χ1n) is 35.4. The van der Waals surface area contributed by atoms with Crippen LogP contribution in [0.3, 0.4) is 0 Å². The van der Waals surface area contributed by atoms with Crippen molar-refractivity contribution in [3.05, 3.63) is 106 Å². The van der Waals surface area contributed by atoms with Gasteiger partial charge in [0.05, 0.1) is 70.4 Å². The number of aliphatic carboxylic acids is 1. The van der Waals surface area contributed by atoms with Gasteiger partial charge in [0.1, 0.15) is 0 Å². The van der Waals surface area contributed by atoms with Crippen molar-refractivity contribution in [1.82, 2.24) is 24.5 Å². The Morgan fingerprint density at radius 1 is 0.616 bits per heavy atom. The number of allylic oxidation sites excluding steroid dienone is 2. The Labute approximate surface area is 583 Å². The van der Waals surface area contributed by atoms with Crippen molar-refractivity contribution < 1.29 is 75.2 Å². The van der Waals surface area contributed by atoms with Crippen molar-refractivity contribution in [3.63, 3.8) is 0 Å². The fourth-order valence-corrected chi connectivity index (χ4v) is 25.7. The second-order valence-electron chi connectivity index (χ2n) is 31.6. The quantitative estimate of drug-likeness (QED) is 0.0780. The zero-order valence-corrected chi connectivity index (χ0v) is 60.3. The van der Waals surface area contributed by atoms with Crippen LogP contribution in [-0.4, -0.2) is 157 Å². The monoisotopic (exact) mass is 1420 g/mol. The average Bonchev–Trinajstić information content (AvgIpc) is 1.62. The number of aliphatic hydroxyl groups excluding tert-OH is 2. The number of rotatable bonds is 14. The van der Waals surface area contributed by atoms with E-state index in [1.807, 2.05) is 72.0 Å². The summed E-state index contributed by atoms with van der Waals surface area (Å²) in [5.74, 6) is -2.13. The molecule has 2 aliphatic heterocycles. The summed E-state index contributed by atoms with van der Waals surface area (Å²) in [6.45, 7) is 11.7. The van der Waals surface area contributed by atoms with Crippen molar-refractivity contribution in [3.8, 4) is 11.4 Å². The predicted molar refractivity (Wildman–Crippen MR) is 371 cm³/mol. The van der Waals surface area contributed by atoms with Gasteiger partial charge in [-0.15, -0.1) is 0 Å². The molecule has 2 aromatic carbocycles. The van der Waals surface area contributed by atoms with Crippen molar-refractivity contribution >= 4 is 83.4 Å². The molecule has 6 saturated carbocycles. The number of carbonyl (C=O) groups is 7. The molecular formula is C75H93N5O16S3. The van der Waals surface area contributed by atoms with E-state index in [4.69, 9.17) is 19.7 Å². The SMILES string of the molecule is CCC(=O)O[C@]1(C(=O)O)CC[C@H]2[C@@H]3CCC4=Cc5c(cnn5-c5cccc(C(=O)CC6CCS(=O)(=O)C6)c5)C[C@]4(C)[C@H]3[C@@H](O)C[C@@]21C.CCC(=O)O[C@]1(C(=O)SC(=O)N(C)C)CC[C@H]2[C@@H]3CCC4=Cc5c(cnn5-c5cccc(C(=O)CC6CCS(=O)(=O)C6)c5)C[C@]4(C)[C@H]3[C@@H](O)C[C@@]21C. The summed E-state index contributed by atoms with van der Waals surface area (Å²) in [5.41, 5.74) is 3.50. The molecular weight excluding hydrogens is 1320 g/mol. The highest BCUT2D eigenvalue weighted by Gasteiger charge is 2.73. The number of aromatic nitrogens is 4. The minimum Gasteiger partial charge on any atom is -0.478 e. The van der Waals surface area contributed by atoms with Crippen molar-refractivity contribution in [2.75, 3.05) is 37.1 Å².